The zero-order valence-corrected chi connectivity index (χ0v) is 17.7. The fraction of sp³-hybridized carbons (Fsp3) is 0.360. The van der Waals surface area contributed by atoms with E-state index in [0.717, 1.165) is 71.8 Å². The first-order chi connectivity index (χ1) is 14.6. The number of nitrogens with one attached hydrogen (secondary N) is 1. The molecule has 1 aromatic heterocycles. The number of benzene rings is 2. The zero-order chi connectivity index (χ0) is 20.7. The molecule has 2 saturated carbocycles. The third-order valence-corrected chi connectivity index (χ3v) is 6.72. The summed E-state index contributed by atoms with van der Waals surface area (Å²) in [7, 11) is 0. The van der Waals surface area contributed by atoms with E-state index in [-0.39, 0.29) is 17.7 Å². The van der Waals surface area contributed by atoms with Gasteiger partial charge in [0.25, 0.3) is 0 Å². The molecule has 2 aliphatic rings. The lowest BCUT2D eigenvalue weighted by Crippen LogP contribution is -2.33. The molecule has 4 nitrogen and oxygen atoms in total. The summed E-state index contributed by atoms with van der Waals surface area (Å²) in [5.74, 6) is 0.360. The molecule has 0 atom stereocenters. The van der Waals surface area contributed by atoms with Gasteiger partial charge in [-0.25, -0.2) is 0 Å². The van der Waals surface area contributed by atoms with E-state index >= 15 is 0 Å². The van der Waals surface area contributed by atoms with Crippen LogP contribution in [0.1, 0.15) is 48.9 Å². The maximum Gasteiger partial charge on any atom is 0.169 e. The molecular formula is C25H26ClN3O. The standard InChI is InChI=1S/C25H26ClN3O/c26-22-4-2-1-3-19(22)16-7-12-23-20(13-16)24(29-18-10-8-17(27)9-11-18)21(14-28-23)25(30)15-5-6-15/h1-4,7,12-15,17-18H,5-6,8-11,27H2,(H,28,29)/t17-,18+. The second kappa shape index (κ2) is 8.01. The molecule has 0 spiro atoms. The minimum absolute atomic E-state index is 0.149. The molecule has 0 aliphatic heterocycles. The molecule has 3 N–H and O–H groups in total. The minimum Gasteiger partial charge on any atom is -0.381 e. The van der Waals surface area contributed by atoms with Gasteiger partial charge in [-0.3, -0.25) is 9.78 Å². The van der Waals surface area contributed by atoms with Gasteiger partial charge in [0, 0.05) is 40.2 Å². The highest BCUT2D eigenvalue weighted by Gasteiger charge is 2.33. The summed E-state index contributed by atoms with van der Waals surface area (Å²) in [4.78, 5) is 17.7. The molecular weight excluding hydrogens is 394 g/mol. The molecule has 0 saturated heterocycles. The smallest absolute Gasteiger partial charge is 0.169 e. The number of ketones is 1. The number of nitrogens with two attached hydrogens (primary N) is 1. The number of carbonyl (C=O) groups is 1. The Morgan fingerprint density at radius 3 is 2.53 bits per heavy atom. The number of Topliss-reactive ketones (excluding diaryl/α,β-unsaturated/α-hetero) is 1. The molecule has 1 heterocycles. The minimum atomic E-state index is 0.149. The largest absolute Gasteiger partial charge is 0.381 e. The van der Waals surface area contributed by atoms with E-state index in [9.17, 15) is 4.79 Å². The van der Waals surface area contributed by atoms with Crippen molar-refractivity contribution in [1.82, 2.24) is 4.98 Å². The third kappa shape index (κ3) is 3.82. The molecule has 0 unspecified atom stereocenters. The van der Waals surface area contributed by atoms with Crippen LogP contribution in [-0.4, -0.2) is 22.9 Å². The molecule has 0 amide bonds. The van der Waals surface area contributed by atoms with E-state index < -0.39 is 0 Å². The molecule has 2 fully saturated rings. The Labute approximate surface area is 181 Å². The van der Waals surface area contributed by atoms with Gasteiger partial charge in [0.1, 0.15) is 0 Å². The SMILES string of the molecule is N[C@H]1CC[C@@H](Nc2c(C(=O)C3CC3)cnc3ccc(-c4ccccc4Cl)cc23)CC1. The summed E-state index contributed by atoms with van der Waals surface area (Å²) in [5, 5.41) is 5.41. The van der Waals surface area contributed by atoms with Crippen LogP contribution in [0.5, 0.6) is 0 Å². The maximum atomic E-state index is 13.1. The molecule has 2 aliphatic carbocycles. The zero-order valence-electron chi connectivity index (χ0n) is 16.9. The van der Waals surface area contributed by atoms with Crippen LogP contribution in [0.3, 0.4) is 0 Å². The van der Waals surface area contributed by atoms with Gasteiger partial charge >= 0.3 is 0 Å². The highest BCUT2D eigenvalue weighted by atomic mass is 35.5. The predicted molar refractivity (Wildman–Crippen MR) is 123 cm³/mol. The summed E-state index contributed by atoms with van der Waals surface area (Å²) in [6.45, 7) is 0. The van der Waals surface area contributed by atoms with Gasteiger partial charge < -0.3 is 11.1 Å². The predicted octanol–water partition coefficient (Wildman–Crippen LogP) is 5.83. The molecule has 0 radical (unpaired) electrons. The molecule has 0 bridgehead atoms. The molecule has 30 heavy (non-hydrogen) atoms. The topological polar surface area (TPSA) is 68.0 Å². The monoisotopic (exact) mass is 419 g/mol. The van der Waals surface area contributed by atoms with Gasteiger partial charge in [0.05, 0.1) is 16.8 Å². The maximum absolute atomic E-state index is 13.1. The average Bonchev–Trinajstić information content (AvgIpc) is 3.61. The molecule has 2 aromatic carbocycles. The van der Waals surface area contributed by atoms with Crippen LogP contribution in [0.2, 0.25) is 5.02 Å². The van der Waals surface area contributed by atoms with Gasteiger partial charge in [-0.1, -0.05) is 35.9 Å². The third-order valence-electron chi connectivity index (χ3n) is 6.39. The van der Waals surface area contributed by atoms with E-state index in [4.69, 9.17) is 17.3 Å². The van der Waals surface area contributed by atoms with E-state index in [1.807, 2.05) is 36.4 Å². The van der Waals surface area contributed by atoms with Crippen LogP contribution in [-0.2, 0) is 0 Å². The van der Waals surface area contributed by atoms with Crippen LogP contribution >= 0.6 is 11.6 Å². The first-order valence-corrected chi connectivity index (χ1v) is 11.2. The number of nitrogens with zero attached hydrogens (tertiary/aromatic N) is 1. The van der Waals surface area contributed by atoms with Crippen LogP contribution in [0.4, 0.5) is 5.69 Å². The number of hydrogen-bond acceptors (Lipinski definition) is 4. The summed E-state index contributed by atoms with van der Waals surface area (Å²) in [6.07, 6.45) is 7.78. The van der Waals surface area contributed by atoms with Crippen molar-refractivity contribution < 1.29 is 4.79 Å². The first kappa shape index (κ1) is 19.5. The number of aromatic nitrogens is 1. The summed E-state index contributed by atoms with van der Waals surface area (Å²) >= 11 is 6.45. The van der Waals surface area contributed by atoms with Crippen LogP contribution in [0, 0.1) is 5.92 Å². The lowest BCUT2D eigenvalue weighted by atomic mass is 9.91. The number of anilines is 1. The Morgan fingerprint density at radius 2 is 1.80 bits per heavy atom. The van der Waals surface area contributed by atoms with Gasteiger partial charge in [-0.2, -0.15) is 0 Å². The van der Waals surface area contributed by atoms with E-state index in [1.54, 1.807) is 6.20 Å². The number of halogens is 1. The van der Waals surface area contributed by atoms with Crippen molar-refractivity contribution in [2.45, 2.75) is 50.6 Å². The van der Waals surface area contributed by atoms with Crippen molar-refractivity contribution >= 4 is 34.0 Å². The van der Waals surface area contributed by atoms with Crippen LogP contribution in [0.15, 0.2) is 48.7 Å². The fourth-order valence-corrected chi connectivity index (χ4v) is 4.68. The average molecular weight is 420 g/mol. The Bertz CT molecular complexity index is 1100. The van der Waals surface area contributed by atoms with Crippen molar-refractivity contribution in [2.75, 3.05) is 5.32 Å². The lowest BCUT2D eigenvalue weighted by molar-refractivity contribution is 0.0968. The van der Waals surface area contributed by atoms with E-state index in [0.29, 0.717) is 11.1 Å². The Hall–Kier alpha value is -2.43. The Balaban J connectivity index is 1.62. The summed E-state index contributed by atoms with van der Waals surface area (Å²) < 4.78 is 0. The van der Waals surface area contributed by atoms with E-state index in [2.05, 4.69) is 16.4 Å². The van der Waals surface area contributed by atoms with Crippen LogP contribution < -0.4 is 11.1 Å². The van der Waals surface area contributed by atoms with Gasteiger partial charge in [-0.15, -0.1) is 0 Å². The molecule has 154 valence electrons. The second-order valence-corrected chi connectivity index (χ2v) is 9.06. The van der Waals surface area contributed by atoms with Crippen LogP contribution in [0.25, 0.3) is 22.0 Å². The number of pyridine rings is 1. The molecule has 3 aromatic rings. The highest BCUT2D eigenvalue weighted by molar-refractivity contribution is 6.33. The van der Waals surface area contributed by atoms with Crippen molar-refractivity contribution in [3.05, 3.63) is 59.2 Å². The van der Waals surface area contributed by atoms with Crippen molar-refractivity contribution in [2.24, 2.45) is 11.7 Å². The van der Waals surface area contributed by atoms with Gasteiger partial charge in [0.2, 0.25) is 0 Å². The Morgan fingerprint density at radius 1 is 1.03 bits per heavy atom. The summed E-state index contributed by atoms with van der Waals surface area (Å²) in [5.41, 5.74) is 10.6. The van der Waals surface area contributed by atoms with Crippen molar-refractivity contribution in [3.8, 4) is 11.1 Å². The van der Waals surface area contributed by atoms with E-state index in [1.165, 1.54) is 0 Å². The normalized spacial score (nSPS) is 21.5. The summed E-state index contributed by atoms with van der Waals surface area (Å²) in [6, 6.07) is 14.6. The molecule has 5 rings (SSSR count). The Kier molecular flexibility index (Phi) is 5.21. The quantitative estimate of drug-likeness (QED) is 0.510. The van der Waals surface area contributed by atoms with Crippen molar-refractivity contribution in [3.63, 3.8) is 0 Å². The first-order valence-electron chi connectivity index (χ1n) is 10.8. The van der Waals surface area contributed by atoms with Gasteiger partial charge in [-0.05, 0) is 62.3 Å². The second-order valence-electron chi connectivity index (χ2n) is 8.65. The highest BCUT2D eigenvalue weighted by Crippen LogP contribution is 2.39. The number of rotatable bonds is 5. The number of hydrogen-bond donors (Lipinski definition) is 2. The lowest BCUT2D eigenvalue weighted by Gasteiger charge is -2.29. The van der Waals surface area contributed by atoms with Crippen molar-refractivity contribution in [1.29, 1.82) is 0 Å². The van der Waals surface area contributed by atoms with Gasteiger partial charge in [0.15, 0.2) is 5.78 Å². The number of carbonyl (C=O) groups excluding carboxylic acids is 1. The molecule has 5 heteroatoms. The fourth-order valence-electron chi connectivity index (χ4n) is 4.43. The number of fused-ring (bicyclic) bond motifs is 1.